The zero-order valence-corrected chi connectivity index (χ0v) is 11.0. The molecule has 0 amide bonds. The van der Waals surface area contributed by atoms with Crippen molar-refractivity contribution in [3.63, 3.8) is 0 Å². The van der Waals surface area contributed by atoms with Crippen LogP contribution < -0.4 is 0 Å². The van der Waals surface area contributed by atoms with E-state index < -0.39 is 14.9 Å². The molecule has 20 heavy (non-hydrogen) atoms. The molecule has 0 N–H and O–H groups in total. The highest BCUT2D eigenvalue weighted by Gasteiger charge is 2.10. The molecular formula is C13H10N2O4S. The number of hydrogen-bond donors (Lipinski definition) is 0. The number of sulfonamides is 1. The van der Waals surface area contributed by atoms with Gasteiger partial charge in [-0.25, -0.2) is 0 Å². The summed E-state index contributed by atoms with van der Waals surface area (Å²) in [5.41, 5.74) is 0.406. The molecule has 0 aliphatic heterocycles. The van der Waals surface area contributed by atoms with Crippen LogP contribution >= 0.6 is 0 Å². The maximum Gasteiger partial charge on any atom is 0.282 e. The van der Waals surface area contributed by atoms with Gasteiger partial charge in [-0.2, -0.15) is 12.8 Å². The van der Waals surface area contributed by atoms with Gasteiger partial charge in [-0.05, 0) is 29.8 Å². The van der Waals surface area contributed by atoms with E-state index in [1.165, 1.54) is 36.4 Å². The van der Waals surface area contributed by atoms with Crippen molar-refractivity contribution in [1.29, 1.82) is 0 Å². The normalized spacial score (nSPS) is 11.6. The van der Waals surface area contributed by atoms with E-state index in [1.807, 2.05) is 0 Å². The van der Waals surface area contributed by atoms with Crippen LogP contribution in [0.15, 0.2) is 63.9 Å². The summed E-state index contributed by atoms with van der Waals surface area (Å²) in [6.45, 7) is 0. The Bertz CT molecular complexity index is 738. The highest BCUT2D eigenvalue weighted by Crippen LogP contribution is 2.13. The fourth-order valence-corrected chi connectivity index (χ4v) is 2.35. The zero-order valence-electron chi connectivity index (χ0n) is 10.2. The predicted molar refractivity (Wildman–Crippen MR) is 74.3 cm³/mol. The summed E-state index contributed by atoms with van der Waals surface area (Å²) in [4.78, 5) is 10.1. The van der Waals surface area contributed by atoms with Gasteiger partial charge in [0.25, 0.3) is 15.7 Å². The van der Waals surface area contributed by atoms with E-state index in [4.69, 9.17) is 0 Å². The van der Waals surface area contributed by atoms with E-state index in [0.29, 0.717) is 5.56 Å². The molecule has 0 bridgehead atoms. The third-order valence-electron chi connectivity index (χ3n) is 2.49. The predicted octanol–water partition coefficient (Wildman–Crippen LogP) is 2.40. The molecule has 0 saturated heterocycles. The summed E-state index contributed by atoms with van der Waals surface area (Å²) in [5.74, 6) is 0. The van der Waals surface area contributed by atoms with Crippen molar-refractivity contribution in [1.82, 2.24) is 0 Å². The highest BCUT2D eigenvalue weighted by atomic mass is 32.2. The first-order valence-electron chi connectivity index (χ1n) is 5.59. The van der Waals surface area contributed by atoms with E-state index in [9.17, 15) is 18.5 Å². The summed E-state index contributed by atoms with van der Waals surface area (Å²) in [6, 6.07) is 13.3. The first-order valence-corrected chi connectivity index (χ1v) is 7.03. The molecule has 0 atom stereocenters. The second-order valence-electron chi connectivity index (χ2n) is 3.87. The molecule has 7 heteroatoms. The SMILES string of the molecule is O=[N+]([O-])c1ccc(/C=N/S(=O)(=O)c2ccccc2)cc1. The third kappa shape index (κ3) is 3.27. The molecule has 0 aliphatic carbocycles. The van der Waals surface area contributed by atoms with Crippen LogP contribution in [0.2, 0.25) is 0 Å². The number of non-ortho nitro benzene ring substituents is 1. The molecule has 0 fully saturated rings. The zero-order chi connectivity index (χ0) is 14.6. The highest BCUT2D eigenvalue weighted by molar-refractivity contribution is 7.90. The lowest BCUT2D eigenvalue weighted by atomic mass is 10.2. The van der Waals surface area contributed by atoms with Gasteiger partial charge in [-0.1, -0.05) is 18.2 Å². The molecule has 0 saturated carbocycles. The minimum atomic E-state index is -3.75. The van der Waals surface area contributed by atoms with Gasteiger partial charge in [-0.15, -0.1) is 0 Å². The Morgan fingerprint density at radius 2 is 1.60 bits per heavy atom. The summed E-state index contributed by atoms with van der Waals surface area (Å²) < 4.78 is 27.3. The molecule has 0 aliphatic rings. The first kappa shape index (κ1) is 13.9. The quantitative estimate of drug-likeness (QED) is 0.491. The number of nitro groups is 1. The Balaban J connectivity index is 2.23. The average Bonchev–Trinajstić information content (AvgIpc) is 2.46. The molecular weight excluding hydrogens is 280 g/mol. The molecule has 0 unspecified atom stereocenters. The van der Waals surface area contributed by atoms with E-state index >= 15 is 0 Å². The van der Waals surface area contributed by atoms with E-state index in [2.05, 4.69) is 4.40 Å². The minimum Gasteiger partial charge on any atom is -0.258 e. The van der Waals surface area contributed by atoms with Crippen LogP contribution in [0.25, 0.3) is 0 Å². The molecule has 0 aromatic heterocycles. The summed E-state index contributed by atoms with van der Waals surface area (Å²) in [7, 11) is -3.75. The van der Waals surface area contributed by atoms with Crippen LogP contribution in [-0.2, 0) is 10.0 Å². The largest absolute Gasteiger partial charge is 0.282 e. The minimum absolute atomic E-state index is 0.0620. The first-order chi connectivity index (χ1) is 9.49. The van der Waals surface area contributed by atoms with Crippen LogP contribution in [0.5, 0.6) is 0 Å². The molecule has 0 spiro atoms. The van der Waals surface area contributed by atoms with Crippen LogP contribution in [0.3, 0.4) is 0 Å². The Morgan fingerprint density at radius 1 is 1.00 bits per heavy atom. The van der Waals surface area contributed by atoms with Crippen molar-refractivity contribution in [2.24, 2.45) is 4.40 Å². The summed E-state index contributed by atoms with van der Waals surface area (Å²) in [5, 5.41) is 10.5. The van der Waals surface area contributed by atoms with E-state index in [-0.39, 0.29) is 10.6 Å². The molecule has 2 aromatic carbocycles. The van der Waals surface area contributed by atoms with Gasteiger partial charge in [0.1, 0.15) is 0 Å². The monoisotopic (exact) mass is 290 g/mol. The third-order valence-corrected chi connectivity index (χ3v) is 3.74. The van der Waals surface area contributed by atoms with Crippen molar-refractivity contribution >= 4 is 21.9 Å². The summed E-state index contributed by atoms with van der Waals surface area (Å²) in [6.07, 6.45) is 1.16. The smallest absolute Gasteiger partial charge is 0.258 e. The van der Waals surface area contributed by atoms with Gasteiger partial charge in [0.2, 0.25) is 0 Å². The Morgan fingerprint density at radius 3 is 2.15 bits per heavy atom. The molecule has 0 heterocycles. The van der Waals surface area contributed by atoms with E-state index in [0.717, 1.165) is 6.21 Å². The molecule has 6 nitrogen and oxygen atoms in total. The van der Waals surface area contributed by atoms with Crippen LogP contribution in [0, 0.1) is 10.1 Å². The van der Waals surface area contributed by atoms with Gasteiger partial charge in [-0.3, -0.25) is 10.1 Å². The fourth-order valence-electron chi connectivity index (χ4n) is 1.47. The van der Waals surface area contributed by atoms with Crippen molar-refractivity contribution in [3.8, 4) is 0 Å². The average molecular weight is 290 g/mol. The lowest BCUT2D eigenvalue weighted by Gasteiger charge is -1.97. The van der Waals surface area contributed by atoms with Gasteiger partial charge in [0.05, 0.1) is 9.82 Å². The molecule has 0 radical (unpaired) electrons. The van der Waals surface area contributed by atoms with Crippen molar-refractivity contribution < 1.29 is 13.3 Å². The number of hydrogen-bond acceptors (Lipinski definition) is 4. The van der Waals surface area contributed by atoms with Crippen LogP contribution in [-0.4, -0.2) is 19.6 Å². The lowest BCUT2D eigenvalue weighted by Crippen LogP contribution is -1.97. The van der Waals surface area contributed by atoms with Gasteiger partial charge in [0, 0.05) is 18.3 Å². The summed E-state index contributed by atoms with van der Waals surface area (Å²) >= 11 is 0. The maximum atomic E-state index is 11.9. The Hall–Kier alpha value is -2.54. The molecule has 2 rings (SSSR count). The standard InChI is InChI=1S/C13H10N2O4S/c16-15(17)12-8-6-11(7-9-12)10-14-20(18,19)13-4-2-1-3-5-13/h1-10H/b14-10+. The molecule has 2 aromatic rings. The van der Waals surface area contributed by atoms with Gasteiger partial charge in [0.15, 0.2) is 0 Å². The second kappa shape index (κ2) is 5.62. The maximum absolute atomic E-state index is 11.9. The molecule has 102 valence electrons. The van der Waals surface area contributed by atoms with Crippen molar-refractivity contribution in [2.45, 2.75) is 4.90 Å². The second-order valence-corrected chi connectivity index (χ2v) is 5.50. The van der Waals surface area contributed by atoms with Gasteiger partial charge >= 0.3 is 0 Å². The van der Waals surface area contributed by atoms with Gasteiger partial charge < -0.3 is 0 Å². The lowest BCUT2D eigenvalue weighted by molar-refractivity contribution is -0.384. The fraction of sp³-hybridized carbons (Fsp3) is 0. The topological polar surface area (TPSA) is 89.6 Å². The number of nitrogens with zero attached hydrogens (tertiary/aromatic N) is 2. The Kier molecular flexibility index (Phi) is 3.90. The number of nitro benzene ring substituents is 1. The van der Waals surface area contributed by atoms with Crippen LogP contribution in [0.1, 0.15) is 5.56 Å². The number of benzene rings is 2. The van der Waals surface area contributed by atoms with Crippen molar-refractivity contribution in [3.05, 3.63) is 70.3 Å². The Labute approximate surface area is 115 Å². The van der Waals surface area contributed by atoms with Crippen LogP contribution in [0.4, 0.5) is 5.69 Å². The number of rotatable bonds is 4. The van der Waals surface area contributed by atoms with E-state index in [1.54, 1.807) is 18.2 Å². The van der Waals surface area contributed by atoms with Crippen molar-refractivity contribution in [2.75, 3.05) is 0 Å².